The maximum Gasteiger partial charge on any atom is 0.259 e. The first kappa shape index (κ1) is 18.9. The van der Waals surface area contributed by atoms with Crippen molar-refractivity contribution in [3.05, 3.63) is 70.8 Å². The van der Waals surface area contributed by atoms with Crippen molar-refractivity contribution in [2.45, 2.75) is 25.8 Å². The SMILES string of the molecule is CC1CCc2cc(F)cc3c(C4=C(c5c[nH]c6cc(F)c(F)cc56)C(=O)NC4=O)cn1c23. The van der Waals surface area contributed by atoms with Crippen molar-refractivity contribution in [2.24, 2.45) is 0 Å². The summed E-state index contributed by atoms with van der Waals surface area (Å²) in [6, 6.07) is 5.00. The van der Waals surface area contributed by atoms with E-state index in [4.69, 9.17) is 0 Å². The van der Waals surface area contributed by atoms with Crippen LogP contribution in [0.4, 0.5) is 13.2 Å². The molecular weight excluding hydrogens is 419 g/mol. The van der Waals surface area contributed by atoms with Gasteiger partial charge in [-0.15, -0.1) is 0 Å². The third kappa shape index (κ3) is 2.46. The molecular formula is C24H16F3N3O2. The number of rotatable bonds is 2. The Morgan fingerprint density at radius 1 is 0.938 bits per heavy atom. The van der Waals surface area contributed by atoms with Gasteiger partial charge < -0.3 is 9.55 Å². The Labute approximate surface area is 179 Å². The summed E-state index contributed by atoms with van der Waals surface area (Å²) in [7, 11) is 0. The molecule has 0 fully saturated rings. The Hall–Kier alpha value is -3.81. The molecule has 6 rings (SSSR count). The molecule has 0 bridgehead atoms. The summed E-state index contributed by atoms with van der Waals surface area (Å²) in [5, 5.41) is 3.12. The molecule has 8 heteroatoms. The number of hydrogen-bond acceptors (Lipinski definition) is 2. The third-order valence-electron chi connectivity index (χ3n) is 6.47. The molecule has 160 valence electrons. The summed E-state index contributed by atoms with van der Waals surface area (Å²) in [4.78, 5) is 28.6. The van der Waals surface area contributed by atoms with Crippen LogP contribution in [0, 0.1) is 17.5 Å². The molecule has 2 aliphatic rings. The second-order valence-electron chi connectivity index (χ2n) is 8.35. The van der Waals surface area contributed by atoms with Crippen LogP contribution < -0.4 is 5.32 Å². The maximum absolute atomic E-state index is 14.4. The van der Waals surface area contributed by atoms with Gasteiger partial charge in [-0.25, -0.2) is 13.2 Å². The molecule has 5 nitrogen and oxygen atoms in total. The minimum Gasteiger partial charge on any atom is -0.360 e. The van der Waals surface area contributed by atoms with Crippen molar-refractivity contribution in [3.63, 3.8) is 0 Å². The van der Waals surface area contributed by atoms with Crippen molar-refractivity contribution in [1.82, 2.24) is 14.9 Å². The number of nitrogens with zero attached hydrogens (tertiary/aromatic N) is 1. The summed E-state index contributed by atoms with van der Waals surface area (Å²) < 4.78 is 44.1. The number of nitrogens with one attached hydrogen (secondary N) is 2. The number of benzene rings is 2. The maximum atomic E-state index is 14.4. The molecule has 1 unspecified atom stereocenters. The van der Waals surface area contributed by atoms with Crippen LogP contribution >= 0.6 is 0 Å². The lowest BCUT2D eigenvalue weighted by molar-refractivity contribution is -0.122. The van der Waals surface area contributed by atoms with Crippen LogP contribution in [0.25, 0.3) is 33.0 Å². The molecule has 2 N–H and O–H groups in total. The molecule has 2 amide bonds. The predicted molar refractivity (Wildman–Crippen MR) is 113 cm³/mol. The van der Waals surface area contributed by atoms with Crippen LogP contribution in [0.15, 0.2) is 36.7 Å². The number of hydrogen-bond donors (Lipinski definition) is 2. The van der Waals surface area contributed by atoms with Gasteiger partial charge in [0.05, 0.1) is 16.7 Å². The fourth-order valence-corrected chi connectivity index (χ4v) is 4.97. The van der Waals surface area contributed by atoms with E-state index < -0.39 is 29.3 Å². The summed E-state index contributed by atoms with van der Waals surface area (Å²) in [5.41, 5.74) is 2.83. The first-order chi connectivity index (χ1) is 15.3. The van der Waals surface area contributed by atoms with Gasteiger partial charge in [-0.3, -0.25) is 14.9 Å². The van der Waals surface area contributed by atoms with E-state index in [1.807, 2.05) is 11.5 Å². The van der Waals surface area contributed by atoms with Gasteiger partial charge >= 0.3 is 0 Å². The van der Waals surface area contributed by atoms with Crippen LogP contribution in [0.2, 0.25) is 0 Å². The molecule has 0 saturated carbocycles. The highest BCUT2D eigenvalue weighted by molar-refractivity contribution is 6.50. The van der Waals surface area contributed by atoms with Crippen molar-refractivity contribution >= 4 is 44.8 Å². The number of halogens is 3. The van der Waals surface area contributed by atoms with Gasteiger partial charge in [-0.1, -0.05) is 0 Å². The van der Waals surface area contributed by atoms with E-state index >= 15 is 0 Å². The average molecular weight is 435 g/mol. The van der Waals surface area contributed by atoms with Gasteiger partial charge in [0.15, 0.2) is 11.6 Å². The first-order valence-electron chi connectivity index (χ1n) is 10.2. The van der Waals surface area contributed by atoms with Crippen molar-refractivity contribution in [3.8, 4) is 0 Å². The highest BCUT2D eigenvalue weighted by Crippen LogP contribution is 2.42. The number of carbonyl (C=O) groups is 2. The highest BCUT2D eigenvalue weighted by atomic mass is 19.2. The molecule has 0 radical (unpaired) electrons. The fraction of sp³-hybridized carbons (Fsp3) is 0.167. The Morgan fingerprint density at radius 3 is 2.44 bits per heavy atom. The number of carbonyl (C=O) groups excluding carboxylic acids is 2. The highest BCUT2D eigenvalue weighted by Gasteiger charge is 2.36. The zero-order chi connectivity index (χ0) is 22.3. The lowest BCUT2D eigenvalue weighted by Gasteiger charge is -2.22. The minimum atomic E-state index is -1.06. The zero-order valence-electron chi connectivity index (χ0n) is 16.9. The van der Waals surface area contributed by atoms with Crippen molar-refractivity contribution in [1.29, 1.82) is 0 Å². The van der Waals surface area contributed by atoms with Crippen LogP contribution in [-0.4, -0.2) is 21.4 Å². The van der Waals surface area contributed by atoms with E-state index in [1.165, 1.54) is 18.3 Å². The molecule has 1 atom stereocenters. The van der Waals surface area contributed by atoms with E-state index in [9.17, 15) is 22.8 Å². The second kappa shape index (κ2) is 6.35. The molecule has 0 aliphatic carbocycles. The van der Waals surface area contributed by atoms with Gasteiger partial charge in [0, 0.05) is 51.9 Å². The molecule has 2 aliphatic heterocycles. The Kier molecular flexibility index (Phi) is 3.75. The Bertz CT molecular complexity index is 1540. The van der Waals surface area contributed by atoms with Gasteiger partial charge in [0.1, 0.15) is 5.82 Å². The average Bonchev–Trinajstić information content (AvgIpc) is 3.39. The van der Waals surface area contributed by atoms with Crippen LogP contribution in [0.5, 0.6) is 0 Å². The first-order valence-corrected chi connectivity index (χ1v) is 10.2. The number of amides is 2. The van der Waals surface area contributed by atoms with Gasteiger partial charge in [0.25, 0.3) is 11.8 Å². The third-order valence-corrected chi connectivity index (χ3v) is 6.47. The molecule has 0 saturated heterocycles. The predicted octanol–water partition coefficient (Wildman–Crippen LogP) is 4.61. The number of aryl methyl sites for hydroxylation is 1. The van der Waals surface area contributed by atoms with Crippen LogP contribution in [-0.2, 0) is 16.0 Å². The molecule has 4 aromatic rings. The number of H-pyrrole nitrogens is 1. The van der Waals surface area contributed by atoms with Gasteiger partial charge in [0.2, 0.25) is 0 Å². The number of imide groups is 1. The van der Waals surface area contributed by atoms with Crippen LogP contribution in [0.3, 0.4) is 0 Å². The zero-order valence-corrected chi connectivity index (χ0v) is 16.9. The number of fused-ring (bicyclic) bond motifs is 1. The van der Waals surface area contributed by atoms with E-state index in [2.05, 4.69) is 10.3 Å². The Balaban J connectivity index is 1.69. The molecule has 2 aromatic carbocycles. The minimum absolute atomic E-state index is 0.0454. The summed E-state index contributed by atoms with van der Waals surface area (Å²) in [6.07, 6.45) is 4.76. The lowest BCUT2D eigenvalue weighted by atomic mass is 9.94. The summed E-state index contributed by atoms with van der Waals surface area (Å²) in [6.45, 7) is 2.04. The standard InChI is InChI=1S/C24H16F3N3O2/c1-10-2-3-11-4-12(25)5-14-16(9-30(10)22(11)14)21-20(23(31)29-24(21)32)15-8-28-19-7-18(27)17(26)6-13(15)19/h4-10,28H,2-3H2,1H3,(H,29,31,32). The fourth-order valence-electron chi connectivity index (χ4n) is 4.97. The summed E-state index contributed by atoms with van der Waals surface area (Å²) in [5.74, 6) is -3.76. The van der Waals surface area contributed by atoms with Crippen molar-refractivity contribution in [2.75, 3.05) is 0 Å². The normalized spacial score (nSPS) is 18.3. The Morgan fingerprint density at radius 2 is 1.66 bits per heavy atom. The van der Waals surface area contributed by atoms with Crippen LogP contribution in [0.1, 0.15) is 36.1 Å². The van der Waals surface area contributed by atoms with Gasteiger partial charge in [-0.05, 0) is 43.5 Å². The second-order valence-corrected chi connectivity index (χ2v) is 8.35. The smallest absolute Gasteiger partial charge is 0.259 e. The number of aromatic nitrogens is 2. The van der Waals surface area contributed by atoms with E-state index in [0.717, 1.165) is 29.6 Å². The van der Waals surface area contributed by atoms with E-state index in [-0.39, 0.29) is 28.1 Å². The lowest BCUT2D eigenvalue weighted by Crippen LogP contribution is -2.22. The van der Waals surface area contributed by atoms with Gasteiger partial charge in [-0.2, -0.15) is 0 Å². The molecule has 4 heterocycles. The monoisotopic (exact) mass is 435 g/mol. The molecule has 0 spiro atoms. The molecule has 32 heavy (non-hydrogen) atoms. The summed E-state index contributed by atoms with van der Waals surface area (Å²) >= 11 is 0. The topological polar surface area (TPSA) is 66.9 Å². The van der Waals surface area contributed by atoms with Crippen molar-refractivity contribution < 1.29 is 22.8 Å². The quantitative estimate of drug-likeness (QED) is 0.452. The van der Waals surface area contributed by atoms with E-state index in [1.54, 1.807) is 6.20 Å². The molecule has 2 aromatic heterocycles. The van der Waals surface area contributed by atoms with E-state index in [0.29, 0.717) is 22.9 Å². The largest absolute Gasteiger partial charge is 0.360 e. The number of aromatic amines is 1.